The summed E-state index contributed by atoms with van der Waals surface area (Å²) in [7, 11) is 0. The van der Waals surface area contributed by atoms with Crippen LogP contribution in [0.4, 0.5) is 19.0 Å². The molecule has 0 amide bonds. The lowest BCUT2D eigenvalue weighted by molar-refractivity contribution is -0.137. The van der Waals surface area contributed by atoms with Crippen LogP contribution in [0.5, 0.6) is 0 Å². The van der Waals surface area contributed by atoms with Crippen molar-refractivity contribution in [1.29, 1.82) is 0 Å². The van der Waals surface area contributed by atoms with E-state index in [1.165, 1.54) is 13.1 Å². The molecule has 0 fully saturated rings. The predicted molar refractivity (Wildman–Crippen MR) is 85.3 cm³/mol. The van der Waals surface area contributed by atoms with Gasteiger partial charge in [0.2, 0.25) is 0 Å². The quantitative estimate of drug-likeness (QED) is 0.286. The first-order valence-electron chi connectivity index (χ1n) is 6.93. The predicted octanol–water partition coefficient (Wildman–Crippen LogP) is 3.50. The van der Waals surface area contributed by atoms with Crippen molar-refractivity contribution in [2.24, 2.45) is 4.99 Å². The number of nitrogens with zero attached hydrogens (tertiary/aromatic N) is 3. The summed E-state index contributed by atoms with van der Waals surface area (Å²) in [5.41, 5.74) is -1.70. The SMILES string of the molecule is CCOC(=O)C(C=Nc1cnsn1)=C(O)c1c(F)cc(F)c(F)c1C. The Balaban J connectivity index is 2.61. The van der Waals surface area contributed by atoms with Crippen molar-refractivity contribution in [2.45, 2.75) is 13.8 Å². The Morgan fingerprint density at radius 2 is 2.12 bits per heavy atom. The number of aliphatic hydroxyl groups is 1. The first kappa shape index (κ1) is 18.6. The highest BCUT2D eigenvalue weighted by atomic mass is 32.1. The number of hydrogen-bond acceptors (Lipinski definition) is 7. The van der Waals surface area contributed by atoms with E-state index in [0.29, 0.717) is 0 Å². The Morgan fingerprint density at radius 3 is 2.72 bits per heavy atom. The fourth-order valence-electron chi connectivity index (χ4n) is 1.91. The second-order valence-corrected chi connectivity index (χ2v) is 5.22. The molecule has 1 heterocycles. The van der Waals surface area contributed by atoms with E-state index < -0.39 is 45.9 Å². The van der Waals surface area contributed by atoms with Crippen LogP contribution in [0.1, 0.15) is 18.1 Å². The van der Waals surface area contributed by atoms with Gasteiger partial charge in [0.1, 0.15) is 17.1 Å². The molecule has 0 bridgehead atoms. The number of hydrogen-bond donors (Lipinski definition) is 1. The van der Waals surface area contributed by atoms with Gasteiger partial charge in [0, 0.05) is 17.8 Å². The lowest BCUT2D eigenvalue weighted by Gasteiger charge is -2.11. The number of ether oxygens (including phenoxy) is 1. The van der Waals surface area contributed by atoms with E-state index in [1.807, 2.05) is 0 Å². The largest absolute Gasteiger partial charge is 0.506 e. The lowest BCUT2D eigenvalue weighted by Crippen LogP contribution is -2.13. The topological polar surface area (TPSA) is 84.7 Å². The molecule has 0 spiro atoms. The van der Waals surface area contributed by atoms with Gasteiger partial charge in [-0.15, -0.1) is 0 Å². The van der Waals surface area contributed by atoms with E-state index in [1.54, 1.807) is 0 Å². The monoisotopic (exact) mass is 371 g/mol. The number of aliphatic hydroxyl groups excluding tert-OH is 1. The summed E-state index contributed by atoms with van der Waals surface area (Å²) in [6.07, 6.45) is 2.19. The van der Waals surface area contributed by atoms with Crippen LogP contribution in [0, 0.1) is 24.4 Å². The van der Waals surface area contributed by atoms with Crippen molar-refractivity contribution in [3.05, 3.63) is 46.4 Å². The van der Waals surface area contributed by atoms with Crippen LogP contribution in [0.25, 0.3) is 5.76 Å². The van der Waals surface area contributed by atoms with E-state index in [9.17, 15) is 23.1 Å². The molecule has 0 aliphatic carbocycles. The van der Waals surface area contributed by atoms with E-state index in [4.69, 9.17) is 4.74 Å². The molecule has 1 aromatic heterocycles. The van der Waals surface area contributed by atoms with Crippen LogP contribution < -0.4 is 0 Å². The Morgan fingerprint density at radius 1 is 1.40 bits per heavy atom. The third-order valence-corrected chi connectivity index (χ3v) is 3.54. The fraction of sp³-hybridized carbons (Fsp3) is 0.200. The molecule has 1 aromatic carbocycles. The Bertz CT molecular complexity index is 851. The molecule has 0 saturated carbocycles. The molecule has 6 nitrogen and oxygen atoms in total. The number of rotatable bonds is 5. The molecule has 0 atom stereocenters. The second kappa shape index (κ2) is 7.88. The normalized spacial score (nSPS) is 12.4. The van der Waals surface area contributed by atoms with Gasteiger partial charge in [0.05, 0.1) is 30.1 Å². The first-order chi connectivity index (χ1) is 11.9. The highest BCUT2D eigenvalue weighted by Crippen LogP contribution is 2.27. The van der Waals surface area contributed by atoms with Gasteiger partial charge in [0.25, 0.3) is 0 Å². The number of esters is 1. The van der Waals surface area contributed by atoms with Crippen LogP contribution in [0.3, 0.4) is 0 Å². The minimum Gasteiger partial charge on any atom is -0.506 e. The number of carbonyl (C=O) groups is 1. The van der Waals surface area contributed by atoms with Gasteiger partial charge in [-0.3, -0.25) is 0 Å². The molecule has 0 aliphatic rings. The van der Waals surface area contributed by atoms with Gasteiger partial charge < -0.3 is 9.84 Å². The molecule has 0 aliphatic heterocycles. The van der Waals surface area contributed by atoms with Gasteiger partial charge in [-0.2, -0.15) is 8.75 Å². The smallest absolute Gasteiger partial charge is 0.343 e. The van der Waals surface area contributed by atoms with Crippen molar-refractivity contribution in [3.63, 3.8) is 0 Å². The molecule has 1 N–H and O–H groups in total. The first-order valence-corrected chi connectivity index (χ1v) is 7.66. The summed E-state index contributed by atoms with van der Waals surface area (Å²) >= 11 is 0.863. The van der Waals surface area contributed by atoms with Gasteiger partial charge >= 0.3 is 5.97 Å². The maximum Gasteiger partial charge on any atom is 0.343 e. The number of aromatic nitrogens is 2. The minimum absolute atomic E-state index is 0.0268. The average Bonchev–Trinajstić information content (AvgIpc) is 3.06. The summed E-state index contributed by atoms with van der Waals surface area (Å²) < 4.78 is 53.3. The molecule has 0 unspecified atom stereocenters. The summed E-state index contributed by atoms with van der Waals surface area (Å²) in [4.78, 5) is 15.9. The maximum absolute atomic E-state index is 14.0. The molecule has 2 aromatic rings. The van der Waals surface area contributed by atoms with Crippen LogP contribution in [-0.2, 0) is 9.53 Å². The van der Waals surface area contributed by atoms with Crippen molar-refractivity contribution < 1.29 is 27.8 Å². The Labute approximate surface area is 144 Å². The highest BCUT2D eigenvalue weighted by Gasteiger charge is 2.24. The van der Waals surface area contributed by atoms with Crippen LogP contribution in [0.15, 0.2) is 22.8 Å². The Hall–Kier alpha value is -2.75. The van der Waals surface area contributed by atoms with E-state index in [2.05, 4.69) is 13.7 Å². The van der Waals surface area contributed by atoms with Crippen molar-refractivity contribution in [2.75, 3.05) is 6.61 Å². The molecular formula is C15H12F3N3O3S. The number of carbonyl (C=O) groups excluding carboxylic acids is 1. The summed E-state index contributed by atoms with van der Waals surface area (Å²) in [5.74, 6) is -5.80. The average molecular weight is 371 g/mol. The number of aliphatic imine (C=N–C) groups is 1. The molecule has 25 heavy (non-hydrogen) atoms. The fourth-order valence-corrected chi connectivity index (χ4v) is 2.27. The van der Waals surface area contributed by atoms with E-state index >= 15 is 0 Å². The molecule has 2 rings (SSSR count). The standard InChI is InChI=1S/C15H12F3N3O3S/c1-3-24-15(23)8(5-19-11-6-20-25-21-11)14(22)12-7(2)13(18)10(17)4-9(12)16/h4-6,22H,3H2,1-2H3. The van der Waals surface area contributed by atoms with Gasteiger partial charge in [-0.25, -0.2) is 23.0 Å². The lowest BCUT2D eigenvalue weighted by atomic mass is 10.0. The molecule has 132 valence electrons. The third-order valence-electron chi connectivity index (χ3n) is 3.07. The zero-order chi connectivity index (χ0) is 18.6. The maximum atomic E-state index is 14.0. The zero-order valence-electron chi connectivity index (χ0n) is 13.1. The third kappa shape index (κ3) is 4.02. The summed E-state index contributed by atoms with van der Waals surface area (Å²) in [6.45, 7) is 2.57. The van der Waals surface area contributed by atoms with Crippen molar-refractivity contribution >= 4 is 35.5 Å². The van der Waals surface area contributed by atoms with Crippen molar-refractivity contribution in [3.8, 4) is 0 Å². The number of halogens is 3. The summed E-state index contributed by atoms with van der Waals surface area (Å²) in [5, 5.41) is 10.3. The van der Waals surface area contributed by atoms with Gasteiger partial charge in [0.15, 0.2) is 17.5 Å². The van der Waals surface area contributed by atoms with E-state index in [-0.39, 0.29) is 18.5 Å². The van der Waals surface area contributed by atoms with Crippen LogP contribution in [0.2, 0.25) is 0 Å². The summed E-state index contributed by atoms with van der Waals surface area (Å²) in [6, 6.07) is 0.276. The molecule has 0 saturated heterocycles. The van der Waals surface area contributed by atoms with Crippen LogP contribution in [-0.4, -0.2) is 32.6 Å². The molecule has 0 radical (unpaired) electrons. The highest BCUT2D eigenvalue weighted by molar-refractivity contribution is 6.99. The van der Waals surface area contributed by atoms with Gasteiger partial charge in [-0.05, 0) is 13.8 Å². The minimum atomic E-state index is -1.41. The molecule has 10 heteroatoms. The van der Waals surface area contributed by atoms with Crippen LogP contribution >= 0.6 is 11.7 Å². The van der Waals surface area contributed by atoms with E-state index in [0.717, 1.165) is 24.9 Å². The number of benzene rings is 1. The second-order valence-electron chi connectivity index (χ2n) is 4.66. The zero-order valence-corrected chi connectivity index (χ0v) is 13.9. The molecular weight excluding hydrogens is 359 g/mol. The Kier molecular flexibility index (Phi) is 5.86. The van der Waals surface area contributed by atoms with Gasteiger partial charge in [-0.1, -0.05) is 0 Å². The van der Waals surface area contributed by atoms with Crippen molar-refractivity contribution in [1.82, 2.24) is 8.75 Å².